The summed E-state index contributed by atoms with van der Waals surface area (Å²) >= 11 is 4.04. The quantitative estimate of drug-likeness (QED) is 0.139. The normalized spacial score (nSPS) is 30.6. The van der Waals surface area contributed by atoms with Crippen molar-refractivity contribution in [1.82, 2.24) is 0 Å². The van der Waals surface area contributed by atoms with Crippen LogP contribution in [0.4, 0.5) is 0 Å². The molecule has 11 nitrogen and oxygen atoms in total. The highest BCUT2D eigenvalue weighted by Crippen LogP contribution is 2.23. The predicted octanol–water partition coefficient (Wildman–Crippen LogP) is 1.22. The Morgan fingerprint density at radius 1 is 0.941 bits per heavy atom. The molecule has 0 aromatic rings. The van der Waals surface area contributed by atoms with Gasteiger partial charge in [0, 0.05) is 32.9 Å². The number of thiol groups is 1. The zero-order valence-electron chi connectivity index (χ0n) is 21.8. The molecule has 0 spiro atoms. The standard InChI is InChI=1S/C8H13BO5.C6H11BO3S.3C2H6.HNO2/c1-4(10)13-7-6(11)5(3-12-2)14-8(7)9;1-9-5-3(2-11)10-6(7)4(5)8;3*1-2;2-1-3/h5-8,11H,3H2,1-2H3;3-6,8,11H,2H2,1H3;3*1-2H3;(H,2,3). The maximum Gasteiger partial charge on any atom is 0.303 e. The number of hydrogen-bond donors (Lipinski definition) is 4. The first-order valence-electron chi connectivity index (χ1n) is 11.1. The van der Waals surface area contributed by atoms with Gasteiger partial charge in [-0.3, -0.25) is 4.79 Å². The fourth-order valence-corrected chi connectivity index (χ4v) is 2.89. The number of carbonyl (C=O) groups is 1. The lowest BCUT2D eigenvalue weighted by Gasteiger charge is -2.17. The number of nitrogens with zero attached hydrogens (tertiary/aromatic N) is 1. The van der Waals surface area contributed by atoms with Crippen molar-refractivity contribution < 1.29 is 43.9 Å². The van der Waals surface area contributed by atoms with Crippen molar-refractivity contribution >= 4 is 34.3 Å². The number of hydrogen-bond acceptors (Lipinski definition) is 11. The van der Waals surface area contributed by atoms with E-state index in [9.17, 15) is 15.0 Å². The predicted molar refractivity (Wildman–Crippen MR) is 135 cm³/mol. The summed E-state index contributed by atoms with van der Waals surface area (Å²) in [6.07, 6.45) is -3.58. The molecule has 2 saturated heterocycles. The topological polar surface area (TPSA) is 153 Å². The fraction of sp³-hybridized carbons (Fsp3) is 0.950. The van der Waals surface area contributed by atoms with Crippen LogP contribution in [0.2, 0.25) is 0 Å². The monoisotopic (exact) mass is 511 g/mol. The summed E-state index contributed by atoms with van der Waals surface area (Å²) in [4.78, 5) is 18.8. The summed E-state index contributed by atoms with van der Waals surface area (Å²) in [5, 5.41) is 26.9. The molecule has 8 atom stereocenters. The zero-order chi connectivity index (χ0) is 27.9. The second-order valence-electron chi connectivity index (χ2n) is 5.75. The van der Waals surface area contributed by atoms with Gasteiger partial charge in [0.1, 0.15) is 46.2 Å². The first kappa shape index (κ1) is 40.3. The van der Waals surface area contributed by atoms with Gasteiger partial charge in [-0.15, -0.1) is 4.91 Å². The van der Waals surface area contributed by atoms with Gasteiger partial charge in [0.2, 0.25) is 0 Å². The van der Waals surface area contributed by atoms with E-state index in [4.69, 9.17) is 49.5 Å². The molecule has 2 rings (SSSR count). The van der Waals surface area contributed by atoms with E-state index in [0.717, 1.165) is 0 Å². The molecule has 0 aromatic heterocycles. The Bertz CT molecular complexity index is 471. The number of methoxy groups -OCH3 is 2. The summed E-state index contributed by atoms with van der Waals surface area (Å²) in [5.74, 6) is 0.00895. The highest BCUT2D eigenvalue weighted by molar-refractivity contribution is 7.80. The van der Waals surface area contributed by atoms with E-state index < -0.39 is 42.4 Å². The number of aliphatic hydroxyl groups excluding tert-OH is 2. The molecule has 2 heterocycles. The molecule has 0 amide bonds. The smallest absolute Gasteiger partial charge is 0.303 e. The van der Waals surface area contributed by atoms with Crippen LogP contribution in [-0.4, -0.2) is 112 Å². The molecular formula is C20H43B2NO10S. The van der Waals surface area contributed by atoms with Crippen LogP contribution in [-0.2, 0) is 28.5 Å². The van der Waals surface area contributed by atoms with Gasteiger partial charge >= 0.3 is 5.97 Å². The summed E-state index contributed by atoms with van der Waals surface area (Å²) < 4.78 is 24.9. The van der Waals surface area contributed by atoms with Gasteiger partial charge in [-0.2, -0.15) is 12.6 Å². The Morgan fingerprint density at radius 2 is 1.38 bits per heavy atom. The van der Waals surface area contributed by atoms with Gasteiger partial charge in [0.15, 0.2) is 5.34 Å². The van der Waals surface area contributed by atoms with Crippen molar-refractivity contribution in [3.63, 3.8) is 0 Å². The second-order valence-corrected chi connectivity index (χ2v) is 6.12. The first-order chi connectivity index (χ1) is 16.2. The summed E-state index contributed by atoms with van der Waals surface area (Å²) in [7, 11) is 14.0. The number of aliphatic hydroxyl groups is 2. The molecule has 2 aliphatic heterocycles. The van der Waals surface area contributed by atoms with E-state index >= 15 is 0 Å². The van der Waals surface area contributed by atoms with Crippen LogP contribution in [0.15, 0.2) is 5.34 Å². The van der Waals surface area contributed by atoms with E-state index in [1.807, 2.05) is 41.5 Å². The second kappa shape index (κ2) is 26.7. The molecule has 0 aromatic carbocycles. The minimum absolute atomic E-state index is 0.201. The number of ether oxygens (including phenoxy) is 5. The van der Waals surface area contributed by atoms with Gasteiger partial charge in [-0.25, -0.2) is 0 Å². The molecule has 14 heteroatoms. The Balaban J connectivity index is -0.000000200. The third kappa shape index (κ3) is 15.9. The number of esters is 1. The first-order valence-corrected chi connectivity index (χ1v) is 11.8. The highest BCUT2D eigenvalue weighted by Gasteiger charge is 2.43. The highest BCUT2D eigenvalue weighted by atomic mass is 32.1. The Labute approximate surface area is 212 Å². The minimum Gasteiger partial charge on any atom is -0.458 e. The van der Waals surface area contributed by atoms with E-state index in [-0.39, 0.29) is 18.8 Å². The third-order valence-electron chi connectivity index (χ3n) is 3.83. The largest absolute Gasteiger partial charge is 0.458 e. The van der Waals surface area contributed by atoms with Crippen LogP contribution in [0.25, 0.3) is 0 Å². The van der Waals surface area contributed by atoms with Crippen molar-refractivity contribution in [3.05, 3.63) is 4.91 Å². The maximum atomic E-state index is 10.7. The Kier molecular flexibility index (Phi) is 31.6. The van der Waals surface area contributed by atoms with Gasteiger partial charge < -0.3 is 39.1 Å². The zero-order valence-corrected chi connectivity index (χ0v) is 22.7. The molecule has 2 aliphatic rings. The molecule has 0 saturated carbocycles. The van der Waals surface area contributed by atoms with Crippen LogP contribution in [0.5, 0.6) is 0 Å². The van der Waals surface area contributed by atoms with Crippen LogP contribution in [0.1, 0.15) is 48.5 Å². The van der Waals surface area contributed by atoms with Gasteiger partial charge in [0.25, 0.3) is 0 Å². The lowest BCUT2D eigenvalue weighted by Crippen LogP contribution is -2.37. The third-order valence-corrected chi connectivity index (χ3v) is 4.19. The molecule has 34 heavy (non-hydrogen) atoms. The summed E-state index contributed by atoms with van der Waals surface area (Å²) in [5.41, 5.74) is 0. The van der Waals surface area contributed by atoms with Gasteiger partial charge in [0.05, 0.1) is 18.7 Å². The lowest BCUT2D eigenvalue weighted by molar-refractivity contribution is -0.151. The maximum absolute atomic E-state index is 10.7. The van der Waals surface area contributed by atoms with E-state index in [1.165, 1.54) is 26.5 Å². The van der Waals surface area contributed by atoms with Crippen molar-refractivity contribution in [2.75, 3.05) is 26.6 Å². The molecule has 0 bridgehead atoms. The number of carbonyl (C=O) groups excluding carboxylic acids is 1. The Hall–Kier alpha value is -0.890. The molecule has 4 radical (unpaired) electrons. The molecule has 0 aliphatic carbocycles. The van der Waals surface area contributed by atoms with Crippen LogP contribution in [0, 0.1) is 4.91 Å². The van der Waals surface area contributed by atoms with Crippen LogP contribution >= 0.6 is 12.6 Å². The van der Waals surface area contributed by atoms with Crippen molar-refractivity contribution in [1.29, 1.82) is 0 Å². The van der Waals surface area contributed by atoms with Crippen LogP contribution < -0.4 is 0 Å². The van der Waals surface area contributed by atoms with E-state index in [0.29, 0.717) is 5.75 Å². The average molecular weight is 511 g/mol. The van der Waals surface area contributed by atoms with E-state index in [1.54, 1.807) is 0 Å². The number of rotatable bonds is 5. The molecule has 2 fully saturated rings. The minimum atomic E-state index is -0.936. The molecular weight excluding hydrogens is 468 g/mol. The average Bonchev–Trinajstić information content (AvgIpc) is 3.27. The molecule has 3 N–H and O–H groups in total. The Morgan fingerprint density at radius 3 is 1.71 bits per heavy atom. The molecule has 200 valence electrons. The van der Waals surface area contributed by atoms with Gasteiger partial charge in [-0.05, 0) is 0 Å². The fourth-order valence-electron chi connectivity index (χ4n) is 2.60. The van der Waals surface area contributed by atoms with Crippen molar-refractivity contribution in [2.45, 2.75) is 97.1 Å². The van der Waals surface area contributed by atoms with Crippen molar-refractivity contribution in [3.8, 4) is 0 Å². The molecule has 8 unspecified atom stereocenters. The van der Waals surface area contributed by atoms with Crippen molar-refractivity contribution in [2.24, 2.45) is 5.34 Å². The van der Waals surface area contributed by atoms with E-state index in [2.05, 4.69) is 12.6 Å². The lowest BCUT2D eigenvalue weighted by atomic mass is 9.93. The summed E-state index contributed by atoms with van der Waals surface area (Å²) in [6, 6.07) is -1.44. The SMILES string of the molecule is CC.CC.CC.O=NO.[B]C1OC(COC)C(O)C1OC(C)=O.[B]C1OC(CS)C(OC)C1O. The summed E-state index contributed by atoms with van der Waals surface area (Å²) in [6.45, 7) is 13.5. The van der Waals surface area contributed by atoms with Gasteiger partial charge in [-0.1, -0.05) is 41.5 Å². The van der Waals surface area contributed by atoms with Crippen LogP contribution in [0.3, 0.4) is 0 Å².